The van der Waals surface area contributed by atoms with Gasteiger partial charge >= 0.3 is 0 Å². The van der Waals surface area contributed by atoms with Crippen LogP contribution in [0.15, 0.2) is 22.8 Å². The quantitative estimate of drug-likeness (QED) is 0.865. The molecule has 1 aliphatic heterocycles. The first-order valence-corrected chi connectivity index (χ1v) is 6.27. The lowest BCUT2D eigenvalue weighted by Gasteiger charge is -2.38. The molecule has 0 aromatic carbocycles. The van der Waals surface area contributed by atoms with Crippen LogP contribution in [0.2, 0.25) is 0 Å². The van der Waals surface area contributed by atoms with Crippen molar-refractivity contribution >= 4 is 0 Å². The van der Waals surface area contributed by atoms with Gasteiger partial charge in [-0.05, 0) is 19.2 Å². The monoisotopic (exact) mass is 238 g/mol. The Morgan fingerprint density at radius 1 is 1.53 bits per heavy atom. The van der Waals surface area contributed by atoms with Crippen molar-refractivity contribution < 1.29 is 9.15 Å². The van der Waals surface area contributed by atoms with Gasteiger partial charge in [-0.25, -0.2) is 0 Å². The van der Waals surface area contributed by atoms with Gasteiger partial charge in [-0.15, -0.1) is 0 Å². The van der Waals surface area contributed by atoms with Crippen LogP contribution in [0.5, 0.6) is 0 Å². The second kappa shape index (κ2) is 5.67. The van der Waals surface area contributed by atoms with Gasteiger partial charge in [0.1, 0.15) is 5.76 Å². The van der Waals surface area contributed by atoms with Gasteiger partial charge < -0.3 is 14.5 Å². The third-order valence-electron chi connectivity index (χ3n) is 3.16. The first-order chi connectivity index (χ1) is 8.18. The van der Waals surface area contributed by atoms with Crippen LogP contribution in [0.4, 0.5) is 0 Å². The van der Waals surface area contributed by atoms with E-state index in [1.54, 1.807) is 6.26 Å². The Kier molecular flexibility index (Phi) is 4.20. The van der Waals surface area contributed by atoms with Crippen molar-refractivity contribution in [3.8, 4) is 0 Å². The molecule has 0 spiro atoms. The summed E-state index contributed by atoms with van der Waals surface area (Å²) >= 11 is 0. The zero-order chi connectivity index (χ0) is 12.3. The number of nitrogens with zero attached hydrogens (tertiary/aromatic N) is 1. The van der Waals surface area contributed by atoms with Crippen LogP contribution in [0.3, 0.4) is 0 Å². The summed E-state index contributed by atoms with van der Waals surface area (Å²) in [4.78, 5) is 2.30. The van der Waals surface area contributed by atoms with E-state index >= 15 is 0 Å². The smallest absolute Gasteiger partial charge is 0.123 e. The second-order valence-corrected chi connectivity index (χ2v) is 4.91. The van der Waals surface area contributed by atoms with Crippen molar-refractivity contribution in [2.75, 3.05) is 26.7 Å². The minimum atomic E-state index is 0.155. The molecule has 0 amide bonds. The first-order valence-electron chi connectivity index (χ1n) is 6.27. The molecular formula is C13H22N2O2. The van der Waals surface area contributed by atoms with E-state index in [1.165, 1.54) is 0 Å². The summed E-state index contributed by atoms with van der Waals surface area (Å²) in [5.41, 5.74) is 0. The van der Waals surface area contributed by atoms with Crippen molar-refractivity contribution in [1.82, 2.24) is 10.2 Å². The highest BCUT2D eigenvalue weighted by atomic mass is 16.5. The highest BCUT2D eigenvalue weighted by Gasteiger charge is 2.33. The Morgan fingerprint density at radius 3 is 3.00 bits per heavy atom. The first kappa shape index (κ1) is 12.6. The molecule has 2 heterocycles. The van der Waals surface area contributed by atoms with Crippen molar-refractivity contribution in [2.45, 2.75) is 32.0 Å². The molecule has 2 atom stereocenters. The van der Waals surface area contributed by atoms with Gasteiger partial charge in [-0.3, -0.25) is 4.90 Å². The van der Waals surface area contributed by atoms with Gasteiger partial charge in [0.05, 0.1) is 25.0 Å². The maximum atomic E-state index is 5.87. The van der Waals surface area contributed by atoms with Crippen molar-refractivity contribution in [3.05, 3.63) is 24.2 Å². The van der Waals surface area contributed by atoms with Crippen LogP contribution >= 0.6 is 0 Å². The Labute approximate surface area is 103 Å². The van der Waals surface area contributed by atoms with Crippen molar-refractivity contribution in [1.29, 1.82) is 0 Å². The molecule has 1 fully saturated rings. The molecule has 4 nitrogen and oxygen atoms in total. The lowest BCUT2D eigenvalue weighted by Crippen LogP contribution is -2.48. The van der Waals surface area contributed by atoms with Gasteiger partial charge in [0, 0.05) is 19.1 Å². The van der Waals surface area contributed by atoms with Crippen LogP contribution < -0.4 is 5.32 Å². The molecule has 2 rings (SSSR count). The summed E-state index contributed by atoms with van der Waals surface area (Å²) in [6.07, 6.45) is 1.88. The van der Waals surface area contributed by atoms with E-state index in [1.807, 2.05) is 12.1 Å². The average Bonchev–Trinajstić information content (AvgIpc) is 2.79. The molecule has 0 radical (unpaired) electrons. The summed E-state index contributed by atoms with van der Waals surface area (Å²) in [5.74, 6) is 0.989. The van der Waals surface area contributed by atoms with E-state index < -0.39 is 0 Å². The van der Waals surface area contributed by atoms with Crippen molar-refractivity contribution in [3.63, 3.8) is 0 Å². The summed E-state index contributed by atoms with van der Waals surface area (Å²) in [7, 11) is 2.12. The molecule has 4 heteroatoms. The van der Waals surface area contributed by atoms with Crippen LogP contribution in [0.25, 0.3) is 0 Å². The Bertz CT molecular complexity index is 324. The summed E-state index contributed by atoms with van der Waals surface area (Å²) in [5, 5.41) is 3.43. The molecular weight excluding hydrogens is 216 g/mol. The predicted octanol–water partition coefficient (Wildman–Crippen LogP) is 1.65. The number of likely N-dealkylation sites (N-methyl/N-ethyl adjacent to an activating group) is 1. The maximum absolute atomic E-state index is 5.87. The maximum Gasteiger partial charge on any atom is 0.123 e. The fourth-order valence-electron chi connectivity index (χ4n) is 2.24. The number of rotatable bonds is 4. The van der Waals surface area contributed by atoms with Gasteiger partial charge in [0.15, 0.2) is 0 Å². The zero-order valence-electron chi connectivity index (χ0n) is 10.8. The molecule has 1 aliphatic rings. The van der Waals surface area contributed by atoms with E-state index in [-0.39, 0.29) is 12.1 Å². The fraction of sp³-hybridized carbons (Fsp3) is 0.692. The minimum Gasteiger partial charge on any atom is -0.468 e. The molecule has 1 N–H and O–H groups in total. The Balaban J connectivity index is 2.06. The molecule has 17 heavy (non-hydrogen) atoms. The number of ether oxygens (including phenoxy) is 1. The van der Waals surface area contributed by atoms with Gasteiger partial charge in [0.25, 0.3) is 0 Å². The second-order valence-electron chi connectivity index (χ2n) is 4.91. The molecule has 1 saturated heterocycles. The third-order valence-corrected chi connectivity index (χ3v) is 3.16. The Morgan fingerprint density at radius 2 is 2.35 bits per heavy atom. The van der Waals surface area contributed by atoms with Crippen LogP contribution in [0, 0.1) is 0 Å². The molecule has 2 unspecified atom stereocenters. The standard InChI is InChI=1S/C13H22N2O2/c1-10(2)14-9-12-13(11-5-4-7-16-11)15(3)6-8-17-12/h4-5,7,10,12-14H,6,8-9H2,1-3H3. The third kappa shape index (κ3) is 3.09. The van der Waals surface area contributed by atoms with Crippen molar-refractivity contribution in [2.24, 2.45) is 0 Å². The van der Waals surface area contributed by atoms with E-state index in [0.717, 1.165) is 25.5 Å². The van der Waals surface area contributed by atoms with E-state index in [2.05, 4.69) is 31.1 Å². The lowest BCUT2D eigenvalue weighted by atomic mass is 10.0. The summed E-state index contributed by atoms with van der Waals surface area (Å²) in [6.45, 7) is 6.89. The normalized spacial score (nSPS) is 26.6. The zero-order valence-corrected chi connectivity index (χ0v) is 10.8. The number of nitrogens with one attached hydrogen (secondary N) is 1. The number of hydrogen-bond acceptors (Lipinski definition) is 4. The topological polar surface area (TPSA) is 37.6 Å². The van der Waals surface area contributed by atoms with E-state index in [4.69, 9.17) is 9.15 Å². The molecule has 96 valence electrons. The average molecular weight is 238 g/mol. The van der Waals surface area contributed by atoms with Gasteiger partial charge in [-0.2, -0.15) is 0 Å². The highest BCUT2D eigenvalue weighted by Crippen LogP contribution is 2.28. The van der Waals surface area contributed by atoms with Crippen LogP contribution in [-0.4, -0.2) is 43.8 Å². The van der Waals surface area contributed by atoms with Gasteiger partial charge in [-0.1, -0.05) is 13.8 Å². The summed E-state index contributed by atoms with van der Waals surface area (Å²) in [6, 6.07) is 4.65. The predicted molar refractivity (Wildman–Crippen MR) is 67.0 cm³/mol. The van der Waals surface area contributed by atoms with E-state index in [0.29, 0.717) is 6.04 Å². The Hall–Kier alpha value is -0.840. The summed E-state index contributed by atoms with van der Waals surface area (Å²) < 4.78 is 11.4. The number of morpholine rings is 1. The largest absolute Gasteiger partial charge is 0.468 e. The molecule has 1 aromatic rings. The van der Waals surface area contributed by atoms with Crippen LogP contribution in [-0.2, 0) is 4.74 Å². The molecule has 0 saturated carbocycles. The SMILES string of the molecule is CC(C)NCC1OCCN(C)C1c1ccco1. The minimum absolute atomic E-state index is 0.155. The lowest BCUT2D eigenvalue weighted by molar-refractivity contribution is -0.0682. The molecule has 0 bridgehead atoms. The number of hydrogen-bond donors (Lipinski definition) is 1. The van der Waals surface area contributed by atoms with Gasteiger partial charge in [0.2, 0.25) is 0 Å². The number of furan rings is 1. The fourth-order valence-corrected chi connectivity index (χ4v) is 2.24. The highest BCUT2D eigenvalue weighted by molar-refractivity contribution is 5.08. The van der Waals surface area contributed by atoms with E-state index in [9.17, 15) is 0 Å². The molecule has 1 aromatic heterocycles. The molecule has 0 aliphatic carbocycles. The van der Waals surface area contributed by atoms with Crippen LogP contribution in [0.1, 0.15) is 25.6 Å².